The highest BCUT2D eigenvalue weighted by atomic mass is 16.5. The monoisotopic (exact) mass is 426 g/mol. The molecule has 1 heterocycles. The van der Waals surface area contributed by atoms with E-state index in [1.165, 1.54) is 0 Å². The van der Waals surface area contributed by atoms with E-state index in [1.807, 2.05) is 5.43 Å². The molecule has 2 aliphatic rings. The minimum absolute atomic E-state index is 0.314. The number of carbonyl (C=O) groups excluding carboxylic acids is 3. The number of rotatable bonds is 9. The molecule has 0 aromatic carbocycles. The molecule has 2 fully saturated rings. The van der Waals surface area contributed by atoms with Crippen molar-refractivity contribution in [2.75, 3.05) is 26.3 Å². The average molecular weight is 426 g/mol. The lowest BCUT2D eigenvalue weighted by Crippen LogP contribution is -2.55. The molecule has 1 aliphatic heterocycles. The Morgan fingerprint density at radius 2 is 1.83 bits per heavy atom. The van der Waals surface area contributed by atoms with E-state index in [4.69, 9.17) is 15.6 Å². The van der Waals surface area contributed by atoms with Crippen LogP contribution >= 0.6 is 0 Å². The number of aliphatic carboxylic acids is 1. The lowest BCUT2D eigenvalue weighted by atomic mass is 9.97. The van der Waals surface area contributed by atoms with Gasteiger partial charge in [-0.1, -0.05) is 25.7 Å². The van der Waals surface area contributed by atoms with Crippen LogP contribution in [-0.4, -0.2) is 78.5 Å². The molecule has 0 aromatic heterocycles. The third-order valence-electron chi connectivity index (χ3n) is 5.11. The highest BCUT2D eigenvalue weighted by molar-refractivity contribution is 5.90. The molecular formula is C18H30N6O6. The van der Waals surface area contributed by atoms with E-state index in [0.717, 1.165) is 31.9 Å². The van der Waals surface area contributed by atoms with Gasteiger partial charge < -0.3 is 31.1 Å². The van der Waals surface area contributed by atoms with Crippen LogP contribution in [0.4, 0.5) is 9.59 Å². The van der Waals surface area contributed by atoms with Crippen LogP contribution < -0.4 is 21.8 Å². The third kappa shape index (κ3) is 8.23. The van der Waals surface area contributed by atoms with Crippen LogP contribution in [0.25, 0.3) is 0 Å². The zero-order valence-electron chi connectivity index (χ0n) is 16.8. The predicted molar refractivity (Wildman–Crippen MR) is 107 cm³/mol. The fraction of sp³-hybridized carbons (Fsp3) is 0.722. The summed E-state index contributed by atoms with van der Waals surface area (Å²) in [7, 11) is 0. The van der Waals surface area contributed by atoms with Gasteiger partial charge in [-0.3, -0.25) is 9.59 Å². The van der Waals surface area contributed by atoms with Crippen molar-refractivity contribution in [1.29, 1.82) is 0 Å². The van der Waals surface area contributed by atoms with Crippen LogP contribution in [-0.2, 0) is 14.3 Å². The Kier molecular flexibility index (Phi) is 9.32. The molecular weight excluding hydrogens is 396 g/mol. The van der Waals surface area contributed by atoms with Crippen molar-refractivity contribution in [3.05, 3.63) is 0 Å². The lowest BCUT2D eigenvalue weighted by molar-refractivity contribution is -0.137. The van der Waals surface area contributed by atoms with Crippen molar-refractivity contribution in [2.45, 2.75) is 50.6 Å². The number of nitrogens with two attached hydrogens (primary N) is 1. The number of urea groups is 2. The molecule has 5 amide bonds. The van der Waals surface area contributed by atoms with Crippen molar-refractivity contribution >= 4 is 30.2 Å². The summed E-state index contributed by atoms with van der Waals surface area (Å²) in [6.07, 6.45) is 5.27. The number of hydrogen-bond acceptors (Lipinski definition) is 6. The molecule has 12 heteroatoms. The summed E-state index contributed by atoms with van der Waals surface area (Å²) in [5.41, 5.74) is 6.88. The van der Waals surface area contributed by atoms with Gasteiger partial charge in [0.15, 0.2) is 0 Å². The zero-order valence-corrected chi connectivity index (χ0v) is 16.8. The molecule has 0 aromatic rings. The summed E-state index contributed by atoms with van der Waals surface area (Å²) in [5.74, 6) is -1.34. The van der Waals surface area contributed by atoms with Crippen LogP contribution in [0.2, 0.25) is 0 Å². The van der Waals surface area contributed by atoms with E-state index in [9.17, 15) is 19.2 Å². The number of amides is 5. The van der Waals surface area contributed by atoms with Gasteiger partial charge in [-0.2, -0.15) is 5.10 Å². The smallest absolute Gasteiger partial charge is 0.332 e. The van der Waals surface area contributed by atoms with Crippen LogP contribution in [0.15, 0.2) is 5.10 Å². The molecule has 12 nitrogen and oxygen atoms in total. The SMILES string of the molecule is NC(=O)N/N=C/[C@H](CC(=O)O)NC(=O)[C@H](CC1CCCC1)NC(=O)N1CCOCC1. The number of nitrogens with one attached hydrogen (secondary N) is 3. The first kappa shape index (κ1) is 23.4. The van der Waals surface area contributed by atoms with Gasteiger partial charge in [-0.25, -0.2) is 15.0 Å². The summed E-state index contributed by atoms with van der Waals surface area (Å²) >= 11 is 0. The second-order valence-corrected chi connectivity index (χ2v) is 7.45. The van der Waals surface area contributed by atoms with Gasteiger partial charge in [0, 0.05) is 19.3 Å². The first-order valence-corrected chi connectivity index (χ1v) is 10.1. The molecule has 6 N–H and O–H groups in total. The van der Waals surface area contributed by atoms with Gasteiger partial charge in [0.1, 0.15) is 6.04 Å². The number of carbonyl (C=O) groups is 4. The minimum atomic E-state index is -1.16. The Morgan fingerprint density at radius 1 is 1.17 bits per heavy atom. The number of primary amides is 1. The molecule has 1 saturated carbocycles. The normalized spacial score (nSPS) is 19.3. The van der Waals surface area contributed by atoms with E-state index in [2.05, 4.69) is 15.7 Å². The standard InChI is InChI=1S/C18H30N6O6/c19-17(28)23-20-11-13(10-15(25)26)21-16(27)14(9-12-3-1-2-4-12)22-18(29)24-5-7-30-8-6-24/h11-14H,1-10H2,(H,21,27)(H,22,29)(H,25,26)(H3,19,23,28)/b20-11+/t13-,14-/m0/s1. The van der Waals surface area contributed by atoms with Gasteiger partial charge >= 0.3 is 18.0 Å². The number of morpholine rings is 1. The van der Waals surface area contributed by atoms with Crippen molar-refractivity contribution < 1.29 is 29.0 Å². The summed E-state index contributed by atoms with van der Waals surface area (Å²) in [6, 6.07) is -3.05. The quantitative estimate of drug-likeness (QED) is 0.247. The maximum Gasteiger partial charge on any atom is 0.332 e. The van der Waals surface area contributed by atoms with E-state index >= 15 is 0 Å². The highest BCUT2D eigenvalue weighted by Gasteiger charge is 2.30. The van der Waals surface area contributed by atoms with Crippen molar-refractivity contribution in [1.82, 2.24) is 21.0 Å². The maximum atomic E-state index is 12.9. The molecule has 168 valence electrons. The van der Waals surface area contributed by atoms with Crippen LogP contribution in [0.1, 0.15) is 38.5 Å². The molecule has 0 unspecified atom stereocenters. The molecule has 1 saturated heterocycles. The first-order chi connectivity index (χ1) is 14.3. The largest absolute Gasteiger partial charge is 0.481 e. The number of carboxylic acid groups (broad SMARTS) is 1. The van der Waals surface area contributed by atoms with E-state index in [1.54, 1.807) is 4.90 Å². The molecule has 0 spiro atoms. The number of carboxylic acids is 1. The van der Waals surface area contributed by atoms with Crippen LogP contribution in [0.5, 0.6) is 0 Å². The van der Waals surface area contributed by atoms with Gasteiger partial charge in [0.25, 0.3) is 0 Å². The summed E-state index contributed by atoms with van der Waals surface area (Å²) in [5, 5.41) is 18.0. The Bertz CT molecular complexity index is 645. The Hall–Kier alpha value is -2.89. The van der Waals surface area contributed by atoms with E-state index in [0.29, 0.717) is 38.6 Å². The number of hydrazone groups is 1. The number of hydrogen-bond donors (Lipinski definition) is 5. The molecule has 2 atom stereocenters. The summed E-state index contributed by atoms with van der Waals surface area (Å²) in [4.78, 5) is 48.9. The Labute approximate surface area is 174 Å². The van der Waals surface area contributed by atoms with Crippen molar-refractivity contribution in [3.63, 3.8) is 0 Å². The van der Waals surface area contributed by atoms with Gasteiger partial charge in [-0.05, 0) is 12.3 Å². The highest BCUT2D eigenvalue weighted by Crippen LogP contribution is 2.28. The van der Waals surface area contributed by atoms with E-state index < -0.39 is 36.4 Å². The molecule has 0 bridgehead atoms. The molecule has 0 radical (unpaired) electrons. The fourth-order valence-corrected chi connectivity index (χ4v) is 3.62. The van der Waals surface area contributed by atoms with Gasteiger partial charge in [0.2, 0.25) is 5.91 Å². The number of nitrogens with zero attached hydrogens (tertiary/aromatic N) is 2. The molecule has 30 heavy (non-hydrogen) atoms. The molecule has 1 aliphatic carbocycles. The van der Waals surface area contributed by atoms with Crippen LogP contribution in [0, 0.1) is 5.92 Å². The van der Waals surface area contributed by atoms with Gasteiger partial charge in [-0.15, -0.1) is 0 Å². The Balaban J connectivity index is 2.04. The van der Waals surface area contributed by atoms with Crippen LogP contribution in [0.3, 0.4) is 0 Å². The minimum Gasteiger partial charge on any atom is -0.481 e. The van der Waals surface area contributed by atoms with Crippen molar-refractivity contribution in [2.24, 2.45) is 16.8 Å². The number of ether oxygens (including phenoxy) is 1. The lowest BCUT2D eigenvalue weighted by Gasteiger charge is -2.30. The van der Waals surface area contributed by atoms with Crippen molar-refractivity contribution in [3.8, 4) is 0 Å². The Morgan fingerprint density at radius 3 is 2.43 bits per heavy atom. The summed E-state index contributed by atoms with van der Waals surface area (Å²) < 4.78 is 5.24. The molecule has 2 rings (SSSR count). The first-order valence-electron chi connectivity index (χ1n) is 10.1. The predicted octanol–water partition coefficient (Wildman–Crippen LogP) is -0.409. The average Bonchev–Trinajstić information content (AvgIpc) is 3.20. The second kappa shape index (κ2) is 12.0. The fourth-order valence-electron chi connectivity index (χ4n) is 3.62. The third-order valence-corrected chi connectivity index (χ3v) is 5.11. The zero-order chi connectivity index (χ0) is 21.9. The summed E-state index contributed by atoms with van der Waals surface area (Å²) in [6.45, 7) is 1.77. The topological polar surface area (TPSA) is 175 Å². The maximum absolute atomic E-state index is 12.9. The van der Waals surface area contributed by atoms with E-state index in [-0.39, 0.29) is 6.03 Å². The van der Waals surface area contributed by atoms with Gasteiger partial charge in [0.05, 0.1) is 25.7 Å². The second-order valence-electron chi connectivity index (χ2n) is 7.45.